The molecule has 0 aliphatic carbocycles. The number of hydrogen-bond acceptors (Lipinski definition) is 4. The zero-order chi connectivity index (χ0) is 18.6. The average molecular weight is 399 g/mol. The van der Waals surface area contributed by atoms with Gasteiger partial charge in [-0.3, -0.25) is 4.98 Å². The van der Waals surface area contributed by atoms with Gasteiger partial charge in [0.1, 0.15) is 5.82 Å². The molecule has 3 rings (SSSR count). The van der Waals surface area contributed by atoms with Crippen LogP contribution in [0.5, 0.6) is 0 Å². The minimum absolute atomic E-state index is 0.118. The molecule has 0 amide bonds. The zero-order valence-electron chi connectivity index (χ0n) is 14.1. The molecule has 1 aromatic carbocycles. The molecule has 2 aromatic rings. The van der Waals surface area contributed by atoms with Crippen LogP contribution in [0.2, 0.25) is 5.02 Å². The number of rotatable bonds is 6. The molecule has 1 atom stereocenters. The molecule has 5 nitrogen and oxygen atoms in total. The Morgan fingerprint density at radius 3 is 2.92 bits per heavy atom. The lowest BCUT2D eigenvalue weighted by molar-refractivity contribution is 0.00797. The smallest absolute Gasteiger partial charge is 0.218 e. The zero-order valence-corrected chi connectivity index (χ0v) is 15.7. The van der Waals surface area contributed by atoms with E-state index in [9.17, 15) is 12.8 Å². The van der Waals surface area contributed by atoms with Gasteiger partial charge in [-0.25, -0.2) is 12.8 Å². The molecule has 0 spiro atoms. The summed E-state index contributed by atoms with van der Waals surface area (Å²) in [6.07, 6.45) is 4.73. The van der Waals surface area contributed by atoms with Crippen molar-refractivity contribution in [3.63, 3.8) is 0 Å². The number of halogens is 2. The van der Waals surface area contributed by atoms with Gasteiger partial charge >= 0.3 is 0 Å². The number of sulfonamides is 1. The van der Waals surface area contributed by atoms with E-state index in [0.717, 1.165) is 18.1 Å². The van der Waals surface area contributed by atoms with Crippen molar-refractivity contribution in [1.82, 2.24) is 9.29 Å². The Morgan fingerprint density at radius 2 is 2.19 bits per heavy atom. The average Bonchev–Trinajstić information content (AvgIpc) is 2.63. The van der Waals surface area contributed by atoms with Gasteiger partial charge in [-0.1, -0.05) is 23.7 Å². The predicted octanol–water partition coefficient (Wildman–Crippen LogP) is 3.39. The molecule has 1 aromatic heterocycles. The van der Waals surface area contributed by atoms with Gasteiger partial charge in [-0.05, 0) is 36.6 Å². The highest BCUT2D eigenvalue weighted by atomic mass is 35.5. The Morgan fingerprint density at radius 1 is 1.35 bits per heavy atom. The first-order valence-corrected chi connectivity index (χ1v) is 10.3. The summed E-state index contributed by atoms with van der Waals surface area (Å²) in [5.74, 6) is -0.992. The summed E-state index contributed by atoms with van der Waals surface area (Å²) in [6.45, 7) is 1.08. The standard InChI is InChI=1S/C18H20ClFN2O3S/c19-16-6-5-15(18(20)9-16)13-26(23,24)22-8-2-4-17(11-22)25-12-14-3-1-7-21-10-14/h1,3,5-7,9-10,17H,2,4,8,11-13H2. The van der Waals surface area contributed by atoms with Crippen molar-refractivity contribution in [3.8, 4) is 0 Å². The van der Waals surface area contributed by atoms with E-state index in [1.807, 2.05) is 12.1 Å². The van der Waals surface area contributed by atoms with E-state index < -0.39 is 15.8 Å². The topological polar surface area (TPSA) is 59.5 Å². The lowest BCUT2D eigenvalue weighted by Gasteiger charge is -2.32. The molecule has 26 heavy (non-hydrogen) atoms. The van der Waals surface area contributed by atoms with Gasteiger partial charge in [-0.2, -0.15) is 4.31 Å². The van der Waals surface area contributed by atoms with Gasteiger partial charge in [0.15, 0.2) is 0 Å². The maximum Gasteiger partial charge on any atom is 0.218 e. The number of benzene rings is 1. The summed E-state index contributed by atoms with van der Waals surface area (Å²) in [6, 6.07) is 7.77. The summed E-state index contributed by atoms with van der Waals surface area (Å²) in [4.78, 5) is 4.03. The van der Waals surface area contributed by atoms with E-state index in [-0.39, 0.29) is 29.0 Å². The van der Waals surface area contributed by atoms with E-state index in [0.29, 0.717) is 19.6 Å². The number of pyridine rings is 1. The van der Waals surface area contributed by atoms with Crippen LogP contribution >= 0.6 is 11.6 Å². The number of piperidine rings is 1. The molecule has 0 saturated carbocycles. The molecule has 1 fully saturated rings. The van der Waals surface area contributed by atoms with Crippen LogP contribution in [0.25, 0.3) is 0 Å². The van der Waals surface area contributed by atoms with Crippen LogP contribution in [0.15, 0.2) is 42.7 Å². The van der Waals surface area contributed by atoms with Crippen LogP contribution in [0, 0.1) is 5.82 Å². The summed E-state index contributed by atoms with van der Waals surface area (Å²) >= 11 is 5.72. The van der Waals surface area contributed by atoms with Crippen molar-refractivity contribution in [2.75, 3.05) is 13.1 Å². The van der Waals surface area contributed by atoms with Gasteiger partial charge in [-0.15, -0.1) is 0 Å². The molecule has 0 N–H and O–H groups in total. The number of ether oxygens (including phenoxy) is 1. The molecule has 8 heteroatoms. The Kier molecular flexibility index (Phi) is 6.24. The van der Waals surface area contributed by atoms with Crippen molar-refractivity contribution in [2.45, 2.75) is 31.3 Å². The molecule has 0 radical (unpaired) electrons. The maximum atomic E-state index is 13.9. The van der Waals surface area contributed by atoms with E-state index in [2.05, 4.69) is 4.98 Å². The minimum Gasteiger partial charge on any atom is -0.372 e. The first kappa shape index (κ1) is 19.2. The fraction of sp³-hybridized carbons (Fsp3) is 0.389. The van der Waals surface area contributed by atoms with Gasteiger partial charge < -0.3 is 4.74 Å². The Balaban J connectivity index is 1.62. The fourth-order valence-corrected chi connectivity index (χ4v) is 4.69. The monoisotopic (exact) mass is 398 g/mol. The van der Waals surface area contributed by atoms with Crippen molar-refractivity contribution in [2.24, 2.45) is 0 Å². The van der Waals surface area contributed by atoms with Gasteiger partial charge in [0.25, 0.3) is 0 Å². The van der Waals surface area contributed by atoms with Crippen LogP contribution in [-0.4, -0.2) is 36.9 Å². The normalized spacial score (nSPS) is 18.8. The first-order chi connectivity index (χ1) is 12.4. The molecule has 140 valence electrons. The Hall–Kier alpha value is -1.54. The van der Waals surface area contributed by atoms with Crippen LogP contribution < -0.4 is 0 Å². The SMILES string of the molecule is O=S(=O)(Cc1ccc(Cl)cc1F)N1CCCC(OCc2cccnc2)C1. The largest absolute Gasteiger partial charge is 0.372 e. The summed E-state index contributed by atoms with van der Waals surface area (Å²) < 4.78 is 46.5. The Bertz CT molecular complexity index is 849. The van der Waals surface area contributed by atoms with Crippen molar-refractivity contribution in [3.05, 3.63) is 64.7 Å². The third-order valence-electron chi connectivity index (χ3n) is 4.30. The molecule has 1 unspecified atom stereocenters. The van der Waals surface area contributed by atoms with E-state index in [1.54, 1.807) is 12.4 Å². The van der Waals surface area contributed by atoms with E-state index in [4.69, 9.17) is 16.3 Å². The molecule has 2 heterocycles. The summed E-state index contributed by atoms with van der Waals surface area (Å²) in [7, 11) is -3.63. The van der Waals surface area contributed by atoms with Gasteiger partial charge in [0.05, 0.1) is 18.5 Å². The number of hydrogen-bond donors (Lipinski definition) is 0. The third-order valence-corrected chi connectivity index (χ3v) is 6.33. The molecular formula is C18H20ClFN2O3S. The maximum absolute atomic E-state index is 13.9. The first-order valence-electron chi connectivity index (χ1n) is 8.36. The van der Waals surface area contributed by atoms with Crippen LogP contribution in [0.3, 0.4) is 0 Å². The van der Waals surface area contributed by atoms with E-state index in [1.165, 1.54) is 16.4 Å². The minimum atomic E-state index is -3.63. The van der Waals surface area contributed by atoms with Crippen molar-refractivity contribution >= 4 is 21.6 Å². The lowest BCUT2D eigenvalue weighted by atomic mass is 10.1. The van der Waals surface area contributed by atoms with E-state index >= 15 is 0 Å². The van der Waals surface area contributed by atoms with Gasteiger partial charge in [0.2, 0.25) is 10.0 Å². The van der Waals surface area contributed by atoms with Crippen LogP contribution in [-0.2, 0) is 27.1 Å². The molecule has 0 bridgehead atoms. The van der Waals surface area contributed by atoms with Crippen LogP contribution in [0.1, 0.15) is 24.0 Å². The molecule has 1 aliphatic heterocycles. The highest BCUT2D eigenvalue weighted by molar-refractivity contribution is 7.88. The molecule has 1 aliphatic rings. The fourth-order valence-electron chi connectivity index (χ4n) is 2.92. The molecular weight excluding hydrogens is 379 g/mol. The second kappa shape index (κ2) is 8.43. The lowest BCUT2D eigenvalue weighted by Crippen LogP contribution is -2.43. The summed E-state index contributed by atoms with van der Waals surface area (Å²) in [5.41, 5.74) is 1.06. The predicted molar refractivity (Wildman–Crippen MR) is 97.7 cm³/mol. The number of aromatic nitrogens is 1. The molecule has 1 saturated heterocycles. The van der Waals surface area contributed by atoms with Crippen molar-refractivity contribution < 1.29 is 17.5 Å². The van der Waals surface area contributed by atoms with Crippen LogP contribution in [0.4, 0.5) is 4.39 Å². The quantitative estimate of drug-likeness (QED) is 0.748. The highest BCUT2D eigenvalue weighted by Gasteiger charge is 2.30. The third kappa shape index (κ3) is 5.01. The second-order valence-electron chi connectivity index (χ2n) is 6.29. The van der Waals surface area contributed by atoms with Crippen molar-refractivity contribution in [1.29, 1.82) is 0 Å². The van der Waals surface area contributed by atoms with Gasteiger partial charge in [0, 0.05) is 36.1 Å². The Labute approximate surface area is 157 Å². The number of nitrogens with zero attached hydrogens (tertiary/aromatic N) is 2. The second-order valence-corrected chi connectivity index (χ2v) is 8.69. The highest BCUT2D eigenvalue weighted by Crippen LogP contribution is 2.22. The summed E-state index contributed by atoms with van der Waals surface area (Å²) in [5, 5.41) is 0.241.